The smallest absolute Gasteiger partial charge is 0.209 e. The highest BCUT2D eigenvalue weighted by Gasteiger charge is 2.31. The number of rotatable bonds is 3. The van der Waals surface area contributed by atoms with Gasteiger partial charge in [-0.2, -0.15) is 0 Å². The van der Waals surface area contributed by atoms with Gasteiger partial charge in [-0.3, -0.25) is 0 Å². The zero-order valence-electron chi connectivity index (χ0n) is 15.1. The summed E-state index contributed by atoms with van der Waals surface area (Å²) in [4.78, 5) is 0. The maximum Gasteiger partial charge on any atom is 0.209 e. The van der Waals surface area contributed by atoms with Crippen molar-refractivity contribution in [3.63, 3.8) is 0 Å². The Bertz CT molecular complexity index is 975. The molecule has 1 heterocycles. The van der Waals surface area contributed by atoms with Crippen molar-refractivity contribution < 1.29 is 0 Å². The second kappa shape index (κ2) is 6.90. The fourth-order valence-electron chi connectivity index (χ4n) is 4.17. The number of hydrogen-bond donors (Lipinski definition) is 0. The molecule has 5 rings (SSSR count). The molecule has 0 bridgehead atoms. The summed E-state index contributed by atoms with van der Waals surface area (Å²) in [5.74, 6) is 0. The van der Waals surface area contributed by atoms with Crippen LogP contribution in [-0.2, 0) is 6.42 Å². The van der Waals surface area contributed by atoms with Crippen molar-refractivity contribution in [3.05, 3.63) is 120 Å². The van der Waals surface area contributed by atoms with Crippen LogP contribution in [0.1, 0.15) is 11.1 Å². The largest absolute Gasteiger partial charge is 0.362 e. The van der Waals surface area contributed by atoms with Gasteiger partial charge in [0.05, 0.1) is 0 Å². The lowest BCUT2D eigenvalue weighted by Crippen LogP contribution is -2.55. The first-order valence-corrected chi connectivity index (χ1v) is 11.1. The molecule has 0 saturated heterocycles. The molecule has 0 fully saturated rings. The van der Waals surface area contributed by atoms with Gasteiger partial charge < -0.3 is 4.57 Å². The second-order valence-corrected chi connectivity index (χ2v) is 9.68. The van der Waals surface area contributed by atoms with Crippen molar-refractivity contribution in [2.24, 2.45) is 0 Å². The molecule has 130 valence electrons. The highest BCUT2D eigenvalue weighted by atomic mass is 28.3. The minimum absolute atomic E-state index is 1.01. The monoisotopic (exact) mass is 363 g/mol. The Morgan fingerprint density at radius 2 is 0.889 bits per heavy atom. The maximum atomic E-state index is 2.65. The standard InChI is InChI=1S/C25H21NSi/c1-3-13-22(14-4-1)27(23-15-5-2-6-16-23)26-24-17-9-7-11-20(24)19-21-12-8-10-18-25(21)26/h1-18,27H,19H2. The zero-order chi connectivity index (χ0) is 18.1. The van der Waals surface area contributed by atoms with E-state index in [0.717, 1.165) is 6.42 Å². The van der Waals surface area contributed by atoms with Crippen molar-refractivity contribution in [2.75, 3.05) is 4.57 Å². The lowest BCUT2D eigenvalue weighted by molar-refractivity contribution is 1.12. The molecule has 1 nitrogen and oxygen atoms in total. The molecule has 1 aliphatic heterocycles. The lowest BCUT2D eigenvalue weighted by Gasteiger charge is -2.39. The Labute approximate surface area is 162 Å². The molecule has 0 spiro atoms. The molecule has 0 N–H and O–H groups in total. The molecular formula is C25H21NSi. The fraction of sp³-hybridized carbons (Fsp3) is 0.0400. The number of para-hydroxylation sites is 2. The van der Waals surface area contributed by atoms with E-state index in [1.165, 1.54) is 32.9 Å². The predicted octanol–water partition coefficient (Wildman–Crippen LogP) is 4.27. The van der Waals surface area contributed by atoms with E-state index >= 15 is 0 Å². The van der Waals surface area contributed by atoms with E-state index in [1.54, 1.807) is 0 Å². The molecule has 4 aromatic carbocycles. The van der Waals surface area contributed by atoms with E-state index in [-0.39, 0.29) is 0 Å². The second-order valence-electron chi connectivity index (χ2n) is 7.03. The summed E-state index contributed by atoms with van der Waals surface area (Å²) in [5, 5.41) is 2.88. The quantitative estimate of drug-likeness (QED) is 0.492. The van der Waals surface area contributed by atoms with Crippen LogP contribution < -0.4 is 14.9 Å². The van der Waals surface area contributed by atoms with E-state index in [2.05, 4.69) is 114 Å². The summed E-state index contributed by atoms with van der Waals surface area (Å²) in [7, 11) is -1.67. The molecular weight excluding hydrogens is 342 g/mol. The number of anilines is 2. The van der Waals surface area contributed by atoms with Crippen molar-refractivity contribution in [1.29, 1.82) is 0 Å². The van der Waals surface area contributed by atoms with Crippen LogP contribution in [0.15, 0.2) is 109 Å². The summed E-state index contributed by atoms with van der Waals surface area (Å²) in [6.45, 7) is 0. The van der Waals surface area contributed by atoms with E-state index in [4.69, 9.17) is 0 Å². The van der Waals surface area contributed by atoms with Gasteiger partial charge in [0, 0.05) is 17.8 Å². The van der Waals surface area contributed by atoms with Crippen LogP contribution in [0.3, 0.4) is 0 Å². The van der Waals surface area contributed by atoms with Crippen LogP contribution >= 0.6 is 0 Å². The molecule has 27 heavy (non-hydrogen) atoms. The van der Waals surface area contributed by atoms with Crippen molar-refractivity contribution >= 4 is 30.7 Å². The number of fused-ring (bicyclic) bond motifs is 2. The van der Waals surface area contributed by atoms with Crippen molar-refractivity contribution in [1.82, 2.24) is 0 Å². The van der Waals surface area contributed by atoms with Crippen molar-refractivity contribution in [2.45, 2.75) is 6.42 Å². The average molecular weight is 364 g/mol. The molecule has 0 atom stereocenters. The summed E-state index contributed by atoms with van der Waals surface area (Å²) in [6, 6.07) is 39.9. The Kier molecular flexibility index (Phi) is 4.11. The van der Waals surface area contributed by atoms with Gasteiger partial charge in [-0.05, 0) is 33.6 Å². The van der Waals surface area contributed by atoms with Gasteiger partial charge >= 0.3 is 0 Å². The van der Waals surface area contributed by atoms with E-state index in [9.17, 15) is 0 Å². The molecule has 0 aliphatic carbocycles. The van der Waals surface area contributed by atoms with Crippen molar-refractivity contribution in [3.8, 4) is 0 Å². The minimum Gasteiger partial charge on any atom is -0.362 e. The van der Waals surface area contributed by atoms with Gasteiger partial charge in [0.2, 0.25) is 8.96 Å². The topological polar surface area (TPSA) is 3.24 Å². The van der Waals surface area contributed by atoms with Gasteiger partial charge in [-0.1, -0.05) is 97.1 Å². The minimum atomic E-state index is -1.67. The molecule has 0 aromatic heterocycles. The Balaban J connectivity index is 1.77. The predicted molar refractivity (Wildman–Crippen MR) is 117 cm³/mol. The first-order valence-electron chi connectivity index (χ1n) is 9.47. The Morgan fingerprint density at radius 1 is 0.481 bits per heavy atom. The van der Waals surface area contributed by atoms with Crippen LogP contribution in [0.25, 0.3) is 0 Å². The summed E-state index contributed by atoms with van der Waals surface area (Å²) in [5.41, 5.74) is 5.56. The summed E-state index contributed by atoms with van der Waals surface area (Å²) in [6.07, 6.45) is 1.01. The van der Waals surface area contributed by atoms with Crippen LogP contribution in [0.4, 0.5) is 11.4 Å². The average Bonchev–Trinajstić information content (AvgIpc) is 2.75. The molecule has 2 heteroatoms. The molecule has 1 aliphatic rings. The number of benzene rings is 4. The SMILES string of the molecule is c1ccc([SiH](c2ccccc2)N2c3ccccc3Cc3ccccc32)cc1. The van der Waals surface area contributed by atoms with Gasteiger partial charge in [0.25, 0.3) is 0 Å². The first-order chi connectivity index (χ1) is 13.4. The van der Waals surface area contributed by atoms with Gasteiger partial charge in [-0.25, -0.2) is 0 Å². The van der Waals surface area contributed by atoms with Gasteiger partial charge in [0.1, 0.15) is 0 Å². The zero-order valence-corrected chi connectivity index (χ0v) is 16.3. The number of hydrogen-bond acceptors (Lipinski definition) is 1. The summed E-state index contributed by atoms with van der Waals surface area (Å²) < 4.78 is 2.65. The van der Waals surface area contributed by atoms with Crippen LogP contribution in [-0.4, -0.2) is 8.96 Å². The van der Waals surface area contributed by atoms with Gasteiger partial charge in [-0.15, -0.1) is 0 Å². The third-order valence-electron chi connectivity index (χ3n) is 5.37. The van der Waals surface area contributed by atoms with Crippen LogP contribution in [0.2, 0.25) is 0 Å². The Hall–Kier alpha value is -3.10. The first kappa shape index (κ1) is 16.1. The third kappa shape index (κ3) is 2.88. The highest BCUT2D eigenvalue weighted by molar-refractivity contribution is 6.89. The normalized spacial score (nSPS) is 12.6. The molecule has 0 radical (unpaired) electrons. The van der Waals surface area contributed by atoms with E-state index in [1.807, 2.05) is 0 Å². The molecule has 4 aromatic rings. The van der Waals surface area contributed by atoms with Gasteiger partial charge in [0.15, 0.2) is 0 Å². The third-order valence-corrected chi connectivity index (χ3v) is 8.48. The maximum absolute atomic E-state index is 2.65. The molecule has 0 saturated carbocycles. The molecule has 0 amide bonds. The summed E-state index contributed by atoms with van der Waals surface area (Å²) >= 11 is 0. The number of nitrogens with zero attached hydrogens (tertiary/aromatic N) is 1. The fourth-order valence-corrected chi connectivity index (χ4v) is 7.38. The van der Waals surface area contributed by atoms with Crippen LogP contribution in [0, 0.1) is 0 Å². The van der Waals surface area contributed by atoms with Crippen LogP contribution in [0.5, 0.6) is 0 Å². The molecule has 0 unspecified atom stereocenters. The lowest BCUT2D eigenvalue weighted by atomic mass is 9.97. The van der Waals surface area contributed by atoms with E-state index in [0.29, 0.717) is 0 Å². The Morgan fingerprint density at radius 3 is 1.37 bits per heavy atom. The highest BCUT2D eigenvalue weighted by Crippen LogP contribution is 2.38. The van der Waals surface area contributed by atoms with E-state index < -0.39 is 8.96 Å².